The minimum atomic E-state index is -3.68. The van der Waals surface area contributed by atoms with Crippen LogP contribution in [0.3, 0.4) is 0 Å². The molecule has 0 spiro atoms. The Bertz CT molecular complexity index is 1320. The van der Waals surface area contributed by atoms with E-state index in [1.807, 2.05) is 18.2 Å². The molecular formula is C26H33BrN4O4S2. The molecule has 1 aliphatic rings. The summed E-state index contributed by atoms with van der Waals surface area (Å²) in [5.41, 5.74) is 1.25. The monoisotopic (exact) mass is 608 g/mol. The lowest BCUT2D eigenvalue weighted by Crippen LogP contribution is -2.39. The summed E-state index contributed by atoms with van der Waals surface area (Å²) in [7, 11) is -2.12. The molecule has 11 heteroatoms. The molecule has 2 aromatic carbocycles. The van der Waals surface area contributed by atoms with Gasteiger partial charge in [0.15, 0.2) is 5.13 Å². The highest BCUT2D eigenvalue weighted by atomic mass is 79.9. The first-order valence-electron chi connectivity index (χ1n) is 12.5. The SMILES string of the molecule is CCN(CC)CCN(C(=O)c1ccc(S(=O)(=O)N(C)CC2CCCO2)cc1)c1nc2ccc(Br)cc2s1. The number of carbonyl (C=O) groups excluding carboxylic acids is 1. The molecule has 1 aromatic heterocycles. The van der Waals surface area contributed by atoms with Crippen molar-refractivity contribution in [3.05, 3.63) is 52.5 Å². The van der Waals surface area contributed by atoms with E-state index in [0.29, 0.717) is 36.9 Å². The van der Waals surface area contributed by atoms with E-state index in [9.17, 15) is 13.2 Å². The minimum absolute atomic E-state index is 0.0746. The topological polar surface area (TPSA) is 83.1 Å². The third kappa shape index (κ3) is 6.58. The number of nitrogens with zero attached hydrogens (tertiary/aromatic N) is 4. The average Bonchev–Trinajstić information content (AvgIpc) is 3.56. The maximum atomic E-state index is 13.7. The maximum absolute atomic E-state index is 13.7. The smallest absolute Gasteiger partial charge is 0.260 e. The number of halogens is 1. The lowest BCUT2D eigenvalue weighted by molar-refractivity contribution is 0.0978. The Hall–Kier alpha value is -1.89. The van der Waals surface area contributed by atoms with Crippen LogP contribution >= 0.6 is 27.3 Å². The molecule has 0 aliphatic carbocycles. The van der Waals surface area contributed by atoms with Gasteiger partial charge in [0, 0.05) is 43.3 Å². The summed E-state index contributed by atoms with van der Waals surface area (Å²) in [6, 6.07) is 12.0. The maximum Gasteiger partial charge on any atom is 0.260 e. The Labute approximate surface area is 231 Å². The molecule has 1 saturated heterocycles. The number of sulfonamides is 1. The van der Waals surface area contributed by atoms with Crippen LogP contribution in [0.4, 0.5) is 5.13 Å². The number of anilines is 1. The van der Waals surface area contributed by atoms with Crippen LogP contribution in [0, 0.1) is 0 Å². The summed E-state index contributed by atoms with van der Waals surface area (Å²) in [5.74, 6) is -0.207. The number of rotatable bonds is 11. The van der Waals surface area contributed by atoms with Crippen molar-refractivity contribution < 1.29 is 17.9 Å². The second-order valence-electron chi connectivity index (χ2n) is 9.04. The van der Waals surface area contributed by atoms with Crippen LogP contribution in [-0.4, -0.2) is 81.0 Å². The van der Waals surface area contributed by atoms with Gasteiger partial charge in [0.2, 0.25) is 10.0 Å². The van der Waals surface area contributed by atoms with E-state index >= 15 is 0 Å². The highest BCUT2D eigenvalue weighted by Crippen LogP contribution is 2.32. The quantitative estimate of drug-likeness (QED) is 0.309. The molecule has 200 valence electrons. The molecule has 1 aliphatic heterocycles. The summed E-state index contributed by atoms with van der Waals surface area (Å²) in [5, 5.41) is 0.623. The number of hydrogen-bond donors (Lipinski definition) is 0. The minimum Gasteiger partial charge on any atom is -0.377 e. The van der Waals surface area contributed by atoms with Crippen molar-refractivity contribution in [3.8, 4) is 0 Å². The standard InChI is InChI=1S/C26H33BrN4O4S2/c1-4-30(5-2)14-15-31(26-28-23-13-10-20(27)17-24(23)36-26)25(32)19-8-11-22(12-9-19)37(33,34)29(3)18-21-7-6-16-35-21/h8-13,17,21H,4-7,14-16,18H2,1-3H3. The summed E-state index contributed by atoms with van der Waals surface area (Å²) in [6.45, 7) is 8.14. The van der Waals surface area contributed by atoms with Crippen LogP contribution in [0.2, 0.25) is 0 Å². The molecule has 1 atom stereocenters. The highest BCUT2D eigenvalue weighted by molar-refractivity contribution is 9.10. The molecule has 0 bridgehead atoms. The van der Waals surface area contributed by atoms with Crippen LogP contribution < -0.4 is 4.90 Å². The van der Waals surface area contributed by atoms with Gasteiger partial charge in [-0.25, -0.2) is 13.4 Å². The van der Waals surface area contributed by atoms with E-state index in [1.54, 1.807) is 24.1 Å². The van der Waals surface area contributed by atoms with Gasteiger partial charge >= 0.3 is 0 Å². The number of likely N-dealkylation sites (N-methyl/N-ethyl adjacent to an activating group) is 2. The normalized spacial score (nSPS) is 16.2. The van der Waals surface area contributed by atoms with Gasteiger partial charge in [-0.3, -0.25) is 9.69 Å². The summed E-state index contributed by atoms with van der Waals surface area (Å²) in [4.78, 5) is 22.5. The number of fused-ring (bicyclic) bond motifs is 1. The predicted octanol–water partition coefficient (Wildman–Crippen LogP) is 4.85. The van der Waals surface area contributed by atoms with Crippen molar-refractivity contribution in [2.24, 2.45) is 0 Å². The van der Waals surface area contributed by atoms with Crippen molar-refractivity contribution >= 4 is 58.5 Å². The Morgan fingerprint density at radius 1 is 1.14 bits per heavy atom. The Morgan fingerprint density at radius 3 is 2.51 bits per heavy atom. The second kappa shape index (κ2) is 12.3. The van der Waals surface area contributed by atoms with E-state index in [0.717, 1.165) is 40.6 Å². The van der Waals surface area contributed by atoms with E-state index in [2.05, 4.69) is 34.7 Å². The first kappa shape index (κ1) is 28.1. The fourth-order valence-corrected chi connectivity index (χ4v) is 7.09. The van der Waals surface area contributed by atoms with E-state index in [-0.39, 0.29) is 16.9 Å². The summed E-state index contributed by atoms with van der Waals surface area (Å²) < 4.78 is 35.0. The molecule has 0 saturated carbocycles. The van der Waals surface area contributed by atoms with Crippen molar-refractivity contribution in [2.45, 2.75) is 37.7 Å². The number of aromatic nitrogens is 1. The number of benzene rings is 2. The molecule has 0 radical (unpaired) electrons. The molecule has 8 nitrogen and oxygen atoms in total. The van der Waals surface area contributed by atoms with Gasteiger partial charge in [-0.05, 0) is 68.4 Å². The molecule has 2 heterocycles. The Balaban J connectivity index is 1.57. The van der Waals surface area contributed by atoms with Crippen LogP contribution in [0.25, 0.3) is 10.2 Å². The van der Waals surface area contributed by atoms with Crippen LogP contribution in [0.5, 0.6) is 0 Å². The average molecular weight is 610 g/mol. The number of carbonyl (C=O) groups is 1. The van der Waals surface area contributed by atoms with Crippen molar-refractivity contribution in [2.75, 3.05) is 51.3 Å². The lowest BCUT2D eigenvalue weighted by atomic mass is 10.2. The van der Waals surface area contributed by atoms with Crippen LogP contribution in [-0.2, 0) is 14.8 Å². The number of amides is 1. The zero-order chi connectivity index (χ0) is 26.6. The molecule has 37 heavy (non-hydrogen) atoms. The fraction of sp³-hybridized carbons (Fsp3) is 0.462. The summed E-state index contributed by atoms with van der Waals surface area (Å²) in [6.07, 6.45) is 1.74. The van der Waals surface area contributed by atoms with E-state index < -0.39 is 10.0 Å². The number of ether oxygens (including phenoxy) is 1. The molecule has 4 rings (SSSR count). The van der Waals surface area contributed by atoms with Gasteiger partial charge in [0.05, 0.1) is 21.2 Å². The first-order chi connectivity index (χ1) is 17.7. The first-order valence-corrected chi connectivity index (χ1v) is 15.6. The van der Waals surface area contributed by atoms with Crippen molar-refractivity contribution in [3.63, 3.8) is 0 Å². The molecular weight excluding hydrogens is 576 g/mol. The molecule has 1 amide bonds. The molecule has 1 fully saturated rings. The molecule has 3 aromatic rings. The second-order valence-corrected chi connectivity index (χ2v) is 13.0. The van der Waals surface area contributed by atoms with Crippen LogP contribution in [0.15, 0.2) is 51.8 Å². The van der Waals surface area contributed by atoms with Crippen LogP contribution in [0.1, 0.15) is 37.0 Å². The zero-order valence-electron chi connectivity index (χ0n) is 21.4. The van der Waals surface area contributed by atoms with E-state index in [4.69, 9.17) is 9.72 Å². The molecule has 1 unspecified atom stereocenters. The zero-order valence-corrected chi connectivity index (χ0v) is 24.6. The van der Waals surface area contributed by atoms with Gasteiger partial charge in [-0.15, -0.1) is 0 Å². The number of thiazole rings is 1. The third-order valence-corrected chi connectivity index (χ3v) is 10.0. The van der Waals surface area contributed by atoms with Gasteiger partial charge < -0.3 is 9.64 Å². The Kier molecular flexibility index (Phi) is 9.36. The molecule has 0 N–H and O–H groups in total. The van der Waals surface area contributed by atoms with Gasteiger partial charge in [0.1, 0.15) is 0 Å². The van der Waals surface area contributed by atoms with Gasteiger partial charge in [0.25, 0.3) is 5.91 Å². The highest BCUT2D eigenvalue weighted by Gasteiger charge is 2.27. The predicted molar refractivity (Wildman–Crippen MR) is 152 cm³/mol. The van der Waals surface area contributed by atoms with Crippen molar-refractivity contribution in [1.29, 1.82) is 0 Å². The Morgan fingerprint density at radius 2 is 1.86 bits per heavy atom. The van der Waals surface area contributed by atoms with Gasteiger partial charge in [-0.2, -0.15) is 4.31 Å². The third-order valence-electron chi connectivity index (χ3n) is 6.64. The summed E-state index contributed by atoms with van der Waals surface area (Å²) >= 11 is 4.97. The number of hydrogen-bond acceptors (Lipinski definition) is 7. The van der Waals surface area contributed by atoms with Crippen molar-refractivity contribution in [1.82, 2.24) is 14.2 Å². The van der Waals surface area contributed by atoms with E-state index in [1.165, 1.54) is 27.8 Å². The van der Waals surface area contributed by atoms with Gasteiger partial charge in [-0.1, -0.05) is 41.1 Å². The lowest BCUT2D eigenvalue weighted by Gasteiger charge is -2.25. The largest absolute Gasteiger partial charge is 0.377 e. The fourth-order valence-electron chi connectivity index (χ4n) is 4.35.